The van der Waals surface area contributed by atoms with E-state index in [9.17, 15) is 4.79 Å². The van der Waals surface area contributed by atoms with E-state index in [0.717, 1.165) is 37.9 Å². The topological polar surface area (TPSA) is 40.5 Å². The summed E-state index contributed by atoms with van der Waals surface area (Å²) in [5, 5.41) is 8.89. The van der Waals surface area contributed by atoms with Crippen molar-refractivity contribution in [3.63, 3.8) is 0 Å². The zero-order valence-electron chi connectivity index (χ0n) is 9.36. The van der Waals surface area contributed by atoms with Crippen molar-refractivity contribution in [2.24, 2.45) is 17.8 Å². The largest absolute Gasteiger partial charge is 0.481 e. The maximum atomic E-state index is 10.8. The minimum atomic E-state index is -0.652. The number of carboxylic acids is 1. The highest BCUT2D eigenvalue weighted by molar-refractivity contribution is 5.70. The van der Waals surface area contributed by atoms with E-state index in [1.807, 2.05) is 6.92 Å². The fourth-order valence-electron chi connectivity index (χ4n) is 1.87. The SMILES string of the molecule is CCC(CN1CC(C(C)C)C1)C(=O)O. The van der Waals surface area contributed by atoms with Gasteiger partial charge in [-0.05, 0) is 18.3 Å². The highest BCUT2D eigenvalue weighted by Gasteiger charge is 2.31. The number of likely N-dealkylation sites (tertiary alicyclic amines) is 1. The summed E-state index contributed by atoms with van der Waals surface area (Å²) >= 11 is 0. The molecule has 0 aromatic heterocycles. The molecule has 1 aliphatic rings. The number of aliphatic carboxylic acids is 1. The van der Waals surface area contributed by atoms with Crippen LogP contribution in [0.4, 0.5) is 0 Å². The van der Waals surface area contributed by atoms with Crippen LogP contribution in [0.25, 0.3) is 0 Å². The lowest BCUT2D eigenvalue weighted by Gasteiger charge is -2.42. The van der Waals surface area contributed by atoms with E-state index in [4.69, 9.17) is 5.11 Å². The summed E-state index contributed by atoms with van der Waals surface area (Å²) in [6.07, 6.45) is 0.734. The van der Waals surface area contributed by atoms with Gasteiger partial charge in [0.25, 0.3) is 0 Å². The van der Waals surface area contributed by atoms with Crippen LogP contribution in [-0.4, -0.2) is 35.6 Å². The van der Waals surface area contributed by atoms with Crippen molar-refractivity contribution < 1.29 is 9.90 Å². The summed E-state index contributed by atoms with van der Waals surface area (Å²) in [7, 11) is 0. The molecule has 0 saturated carbocycles. The lowest BCUT2D eigenvalue weighted by Crippen LogP contribution is -2.51. The van der Waals surface area contributed by atoms with Crippen LogP contribution < -0.4 is 0 Å². The van der Waals surface area contributed by atoms with E-state index in [2.05, 4.69) is 18.7 Å². The molecule has 0 aromatic carbocycles. The molecule has 1 fully saturated rings. The lowest BCUT2D eigenvalue weighted by molar-refractivity contribution is -0.143. The number of rotatable bonds is 5. The van der Waals surface area contributed by atoms with Gasteiger partial charge in [0.1, 0.15) is 0 Å². The predicted octanol–water partition coefficient (Wildman–Crippen LogP) is 1.69. The molecular weight excluding hydrogens is 178 g/mol. The molecule has 1 aliphatic heterocycles. The van der Waals surface area contributed by atoms with Crippen LogP contribution in [0.5, 0.6) is 0 Å². The first-order chi connectivity index (χ1) is 6.54. The lowest BCUT2D eigenvalue weighted by atomic mass is 9.87. The van der Waals surface area contributed by atoms with Gasteiger partial charge in [0.2, 0.25) is 0 Å². The Hall–Kier alpha value is -0.570. The molecule has 1 rings (SSSR count). The van der Waals surface area contributed by atoms with E-state index in [0.29, 0.717) is 0 Å². The molecule has 0 radical (unpaired) electrons. The van der Waals surface area contributed by atoms with Crippen molar-refractivity contribution in [2.75, 3.05) is 19.6 Å². The van der Waals surface area contributed by atoms with E-state index in [-0.39, 0.29) is 5.92 Å². The Morgan fingerprint density at radius 1 is 1.50 bits per heavy atom. The average Bonchev–Trinajstić information content (AvgIpc) is 2.00. The number of hydrogen-bond donors (Lipinski definition) is 1. The third-order valence-corrected chi connectivity index (χ3v) is 3.25. The standard InChI is InChI=1S/C11H21NO2/c1-4-9(11(13)14)5-12-6-10(7-12)8(2)3/h8-10H,4-7H2,1-3H3,(H,13,14). The molecule has 1 saturated heterocycles. The van der Waals surface area contributed by atoms with Crippen LogP contribution in [0.2, 0.25) is 0 Å². The van der Waals surface area contributed by atoms with Crippen molar-refractivity contribution >= 4 is 5.97 Å². The Labute approximate surface area is 86.1 Å². The van der Waals surface area contributed by atoms with Crippen molar-refractivity contribution in [2.45, 2.75) is 27.2 Å². The van der Waals surface area contributed by atoms with Gasteiger partial charge in [-0.2, -0.15) is 0 Å². The Morgan fingerprint density at radius 2 is 2.07 bits per heavy atom. The second-order valence-corrected chi connectivity index (χ2v) is 4.67. The molecule has 0 aliphatic carbocycles. The first-order valence-electron chi connectivity index (χ1n) is 5.49. The maximum Gasteiger partial charge on any atom is 0.307 e. The molecule has 0 bridgehead atoms. The van der Waals surface area contributed by atoms with Gasteiger partial charge in [-0.15, -0.1) is 0 Å². The van der Waals surface area contributed by atoms with Crippen LogP contribution in [0, 0.1) is 17.8 Å². The highest BCUT2D eigenvalue weighted by atomic mass is 16.4. The fourth-order valence-corrected chi connectivity index (χ4v) is 1.87. The highest BCUT2D eigenvalue weighted by Crippen LogP contribution is 2.24. The van der Waals surface area contributed by atoms with Crippen molar-refractivity contribution in [1.29, 1.82) is 0 Å². The maximum absolute atomic E-state index is 10.8. The van der Waals surface area contributed by atoms with E-state index in [1.54, 1.807) is 0 Å². The fraction of sp³-hybridized carbons (Fsp3) is 0.909. The van der Waals surface area contributed by atoms with Crippen molar-refractivity contribution in [3.8, 4) is 0 Å². The zero-order valence-corrected chi connectivity index (χ0v) is 9.36. The predicted molar refractivity (Wildman–Crippen MR) is 56.2 cm³/mol. The molecule has 0 spiro atoms. The van der Waals surface area contributed by atoms with Crippen molar-refractivity contribution in [1.82, 2.24) is 4.90 Å². The molecule has 1 heterocycles. The summed E-state index contributed by atoms with van der Waals surface area (Å²) in [6.45, 7) is 9.31. The summed E-state index contributed by atoms with van der Waals surface area (Å²) in [5.74, 6) is 0.682. The first kappa shape index (κ1) is 11.5. The summed E-state index contributed by atoms with van der Waals surface area (Å²) < 4.78 is 0. The summed E-state index contributed by atoms with van der Waals surface area (Å²) in [6, 6.07) is 0. The van der Waals surface area contributed by atoms with Gasteiger partial charge in [-0.1, -0.05) is 20.8 Å². The number of carboxylic acid groups (broad SMARTS) is 1. The average molecular weight is 199 g/mol. The van der Waals surface area contributed by atoms with Gasteiger partial charge in [0, 0.05) is 19.6 Å². The third-order valence-electron chi connectivity index (χ3n) is 3.25. The second kappa shape index (κ2) is 4.78. The molecule has 0 aromatic rings. The minimum Gasteiger partial charge on any atom is -0.481 e. The molecule has 0 amide bonds. The van der Waals surface area contributed by atoms with Gasteiger partial charge >= 0.3 is 5.97 Å². The third kappa shape index (κ3) is 2.71. The van der Waals surface area contributed by atoms with Crippen LogP contribution >= 0.6 is 0 Å². The van der Waals surface area contributed by atoms with Gasteiger partial charge in [-0.3, -0.25) is 4.79 Å². The van der Waals surface area contributed by atoms with E-state index in [1.165, 1.54) is 0 Å². The van der Waals surface area contributed by atoms with Crippen molar-refractivity contribution in [3.05, 3.63) is 0 Å². The number of hydrogen-bond acceptors (Lipinski definition) is 2. The summed E-state index contributed by atoms with van der Waals surface area (Å²) in [4.78, 5) is 13.1. The molecule has 3 nitrogen and oxygen atoms in total. The summed E-state index contributed by atoms with van der Waals surface area (Å²) in [5.41, 5.74) is 0. The molecule has 1 atom stereocenters. The van der Waals surface area contributed by atoms with Gasteiger partial charge in [0.15, 0.2) is 0 Å². The Bertz CT molecular complexity index is 197. The van der Waals surface area contributed by atoms with E-state index < -0.39 is 5.97 Å². The molecule has 82 valence electrons. The Kier molecular flexibility index (Phi) is 3.93. The Morgan fingerprint density at radius 3 is 2.43 bits per heavy atom. The normalized spacial score (nSPS) is 20.9. The van der Waals surface area contributed by atoms with Crippen LogP contribution in [-0.2, 0) is 4.79 Å². The Balaban J connectivity index is 2.24. The minimum absolute atomic E-state index is 0.178. The molecule has 3 heteroatoms. The smallest absolute Gasteiger partial charge is 0.307 e. The number of nitrogens with zero attached hydrogens (tertiary/aromatic N) is 1. The van der Waals surface area contributed by atoms with Crippen LogP contribution in [0.3, 0.4) is 0 Å². The molecule has 1 unspecified atom stereocenters. The quantitative estimate of drug-likeness (QED) is 0.732. The van der Waals surface area contributed by atoms with Gasteiger partial charge in [-0.25, -0.2) is 0 Å². The van der Waals surface area contributed by atoms with Gasteiger partial charge < -0.3 is 10.0 Å². The monoisotopic (exact) mass is 199 g/mol. The first-order valence-corrected chi connectivity index (χ1v) is 5.49. The van der Waals surface area contributed by atoms with Crippen LogP contribution in [0.15, 0.2) is 0 Å². The molecular formula is C11H21NO2. The molecule has 1 N–H and O–H groups in total. The second-order valence-electron chi connectivity index (χ2n) is 4.67. The molecule has 14 heavy (non-hydrogen) atoms. The van der Waals surface area contributed by atoms with E-state index >= 15 is 0 Å². The van der Waals surface area contributed by atoms with Gasteiger partial charge in [0.05, 0.1) is 5.92 Å². The zero-order chi connectivity index (χ0) is 10.7. The number of carbonyl (C=O) groups is 1. The van der Waals surface area contributed by atoms with Crippen LogP contribution in [0.1, 0.15) is 27.2 Å².